The quantitative estimate of drug-likeness (QED) is 0.780. The van der Waals surface area contributed by atoms with Crippen molar-refractivity contribution in [1.82, 2.24) is 25.1 Å². The molecule has 0 atom stereocenters. The molecular weight excluding hydrogens is 336 g/mol. The first-order valence-electron chi connectivity index (χ1n) is 8.83. The van der Waals surface area contributed by atoms with E-state index in [0.717, 1.165) is 41.5 Å². The molecule has 1 aromatic heterocycles. The highest BCUT2D eigenvalue weighted by molar-refractivity contribution is 5.93. The van der Waals surface area contributed by atoms with Crippen LogP contribution in [0.5, 0.6) is 0 Å². The van der Waals surface area contributed by atoms with Crippen LogP contribution in [0.25, 0.3) is 5.69 Å². The van der Waals surface area contributed by atoms with Crippen LogP contribution in [0.15, 0.2) is 29.1 Å². The topological polar surface area (TPSA) is 111 Å². The molecule has 0 radical (unpaired) electrons. The van der Waals surface area contributed by atoms with E-state index in [-0.39, 0.29) is 30.3 Å². The number of carbonyl (C=O) groups excluding carboxylic acids is 2. The number of hydrogen-bond acceptors (Lipinski definition) is 5. The second-order valence-corrected chi connectivity index (χ2v) is 6.84. The number of tetrazole rings is 1. The van der Waals surface area contributed by atoms with Gasteiger partial charge >= 0.3 is 5.69 Å². The molecule has 2 amide bonds. The lowest BCUT2D eigenvalue weighted by atomic mass is 9.85. The van der Waals surface area contributed by atoms with Crippen LogP contribution >= 0.6 is 0 Å². The van der Waals surface area contributed by atoms with E-state index in [2.05, 4.69) is 21.1 Å². The molecule has 2 fully saturated rings. The average molecular weight is 356 g/mol. The van der Waals surface area contributed by atoms with E-state index in [0.29, 0.717) is 11.4 Å². The van der Waals surface area contributed by atoms with Gasteiger partial charge in [0.2, 0.25) is 11.8 Å². The van der Waals surface area contributed by atoms with Crippen LogP contribution in [0.2, 0.25) is 0 Å². The van der Waals surface area contributed by atoms with E-state index in [1.807, 2.05) is 0 Å². The van der Waals surface area contributed by atoms with Crippen LogP contribution in [0, 0.1) is 5.92 Å². The fraction of sp³-hybridized carbons (Fsp3) is 0.471. The zero-order valence-corrected chi connectivity index (χ0v) is 14.2. The van der Waals surface area contributed by atoms with E-state index < -0.39 is 5.69 Å². The highest BCUT2D eigenvalue weighted by atomic mass is 16.2. The fourth-order valence-corrected chi connectivity index (χ4v) is 2.77. The molecule has 9 heteroatoms. The van der Waals surface area contributed by atoms with Crippen LogP contribution in [0.1, 0.15) is 32.1 Å². The molecule has 1 heterocycles. The lowest BCUT2D eigenvalue weighted by Gasteiger charge is -2.24. The number of nitrogens with zero attached hydrogens (tertiary/aromatic N) is 4. The molecule has 0 spiro atoms. The minimum Gasteiger partial charge on any atom is -0.352 e. The van der Waals surface area contributed by atoms with Gasteiger partial charge in [-0.2, -0.15) is 9.36 Å². The summed E-state index contributed by atoms with van der Waals surface area (Å²) in [6, 6.07) is 7.03. The minimum absolute atomic E-state index is 0.0359. The second kappa shape index (κ2) is 6.74. The maximum atomic E-state index is 12.4. The molecule has 0 bridgehead atoms. The number of amides is 2. The molecule has 2 aromatic rings. The molecule has 0 saturated heterocycles. The maximum Gasteiger partial charge on any atom is 0.368 e. The molecule has 2 saturated carbocycles. The summed E-state index contributed by atoms with van der Waals surface area (Å²) in [5.41, 5.74) is 0.711. The maximum absolute atomic E-state index is 12.4. The van der Waals surface area contributed by atoms with Crippen molar-refractivity contribution in [2.75, 3.05) is 5.32 Å². The lowest BCUT2D eigenvalue weighted by Crippen LogP contribution is -2.34. The van der Waals surface area contributed by atoms with E-state index in [1.54, 1.807) is 24.3 Å². The molecule has 4 rings (SSSR count). The third-order valence-corrected chi connectivity index (χ3v) is 4.73. The molecule has 2 aliphatic carbocycles. The summed E-state index contributed by atoms with van der Waals surface area (Å²) in [4.78, 5) is 36.1. The standard InChI is InChI=1S/C17H20N6O3/c24-15(18-12-4-5-12)10-22-17(26)23(21-20-22)14-8-6-13(7-9-14)19-16(25)11-2-1-3-11/h6-9,11-12H,1-5,10H2,(H,18,24)(H,19,25). The largest absolute Gasteiger partial charge is 0.368 e. The van der Waals surface area contributed by atoms with Gasteiger partial charge in [-0.25, -0.2) is 4.79 Å². The van der Waals surface area contributed by atoms with E-state index in [4.69, 9.17) is 0 Å². The summed E-state index contributed by atoms with van der Waals surface area (Å²) < 4.78 is 2.16. The van der Waals surface area contributed by atoms with Crippen molar-refractivity contribution in [2.45, 2.75) is 44.7 Å². The Labute approximate surface area is 149 Å². The fourth-order valence-electron chi connectivity index (χ4n) is 2.77. The Morgan fingerprint density at radius 2 is 1.81 bits per heavy atom. The normalized spacial score (nSPS) is 16.8. The van der Waals surface area contributed by atoms with Crippen LogP contribution in [-0.2, 0) is 16.1 Å². The summed E-state index contributed by atoms with van der Waals surface area (Å²) >= 11 is 0. The Kier molecular flexibility index (Phi) is 4.27. The Hall–Kier alpha value is -2.97. The molecule has 2 N–H and O–H groups in total. The molecule has 2 aliphatic rings. The van der Waals surface area contributed by atoms with Crippen molar-refractivity contribution in [1.29, 1.82) is 0 Å². The van der Waals surface area contributed by atoms with Crippen molar-refractivity contribution >= 4 is 17.5 Å². The summed E-state index contributed by atoms with van der Waals surface area (Å²) in [6.45, 7) is -0.148. The number of rotatable bonds is 6. The zero-order chi connectivity index (χ0) is 18.1. The van der Waals surface area contributed by atoms with Gasteiger partial charge < -0.3 is 10.6 Å². The Balaban J connectivity index is 1.42. The Morgan fingerprint density at radius 1 is 1.08 bits per heavy atom. The van der Waals surface area contributed by atoms with E-state index in [1.165, 1.54) is 0 Å². The van der Waals surface area contributed by atoms with Crippen molar-refractivity contribution in [2.24, 2.45) is 5.92 Å². The molecule has 0 aliphatic heterocycles. The van der Waals surface area contributed by atoms with Crippen molar-refractivity contribution in [3.05, 3.63) is 34.7 Å². The van der Waals surface area contributed by atoms with Gasteiger partial charge in [-0.1, -0.05) is 6.42 Å². The predicted molar refractivity (Wildman–Crippen MR) is 92.8 cm³/mol. The highest BCUT2D eigenvalue weighted by Gasteiger charge is 2.25. The molecule has 26 heavy (non-hydrogen) atoms. The first-order valence-corrected chi connectivity index (χ1v) is 8.83. The molecular formula is C17H20N6O3. The van der Waals surface area contributed by atoms with Crippen LogP contribution in [0.4, 0.5) is 5.69 Å². The summed E-state index contributed by atoms with van der Waals surface area (Å²) in [6.07, 6.45) is 4.95. The first kappa shape index (κ1) is 16.5. The molecule has 0 unspecified atom stereocenters. The van der Waals surface area contributed by atoms with Gasteiger partial charge in [-0.15, -0.1) is 0 Å². The summed E-state index contributed by atoms with van der Waals surface area (Å²) in [5.74, 6) is -0.0940. The van der Waals surface area contributed by atoms with Crippen molar-refractivity contribution in [3.8, 4) is 5.69 Å². The van der Waals surface area contributed by atoms with Gasteiger partial charge in [0.05, 0.1) is 5.69 Å². The average Bonchev–Trinajstić information content (AvgIpc) is 3.30. The molecule has 9 nitrogen and oxygen atoms in total. The number of benzene rings is 1. The monoisotopic (exact) mass is 356 g/mol. The SMILES string of the molecule is O=C(Cn1nnn(-c2ccc(NC(=O)C3CCC3)cc2)c1=O)NC1CC1. The Morgan fingerprint density at radius 3 is 2.42 bits per heavy atom. The zero-order valence-electron chi connectivity index (χ0n) is 14.2. The van der Waals surface area contributed by atoms with Gasteiger partial charge in [0.15, 0.2) is 0 Å². The van der Waals surface area contributed by atoms with Crippen LogP contribution in [-0.4, -0.2) is 37.6 Å². The smallest absolute Gasteiger partial charge is 0.352 e. The van der Waals surface area contributed by atoms with Gasteiger partial charge in [0, 0.05) is 17.6 Å². The van der Waals surface area contributed by atoms with E-state index in [9.17, 15) is 14.4 Å². The summed E-state index contributed by atoms with van der Waals surface area (Å²) in [7, 11) is 0. The van der Waals surface area contributed by atoms with Crippen molar-refractivity contribution < 1.29 is 9.59 Å². The summed E-state index contributed by atoms with van der Waals surface area (Å²) in [5, 5.41) is 13.3. The third kappa shape index (κ3) is 3.51. The van der Waals surface area contributed by atoms with Crippen molar-refractivity contribution in [3.63, 3.8) is 0 Å². The predicted octanol–water partition coefficient (Wildman–Crippen LogP) is 0.446. The number of hydrogen-bond donors (Lipinski definition) is 2. The van der Waals surface area contributed by atoms with E-state index >= 15 is 0 Å². The van der Waals surface area contributed by atoms with Gasteiger partial charge in [-0.3, -0.25) is 9.59 Å². The first-order chi connectivity index (χ1) is 12.6. The van der Waals surface area contributed by atoms with Gasteiger partial charge in [-0.05, 0) is 60.4 Å². The highest BCUT2D eigenvalue weighted by Crippen LogP contribution is 2.27. The number of nitrogens with one attached hydrogen (secondary N) is 2. The number of aromatic nitrogens is 4. The third-order valence-electron chi connectivity index (χ3n) is 4.73. The van der Waals surface area contributed by atoms with Gasteiger partial charge in [0.25, 0.3) is 0 Å². The second-order valence-electron chi connectivity index (χ2n) is 6.84. The lowest BCUT2D eigenvalue weighted by molar-refractivity contribution is -0.122. The number of carbonyl (C=O) groups is 2. The van der Waals surface area contributed by atoms with Crippen LogP contribution in [0.3, 0.4) is 0 Å². The molecule has 1 aromatic carbocycles. The Bertz CT molecular complexity index is 877. The molecule has 136 valence electrons. The van der Waals surface area contributed by atoms with Gasteiger partial charge in [0.1, 0.15) is 6.54 Å². The number of anilines is 1. The van der Waals surface area contributed by atoms with Crippen LogP contribution < -0.4 is 16.3 Å². The minimum atomic E-state index is -0.484.